The Morgan fingerprint density at radius 2 is 0.923 bits per heavy atom. The minimum absolute atomic E-state index is 0. The van der Waals surface area contributed by atoms with Gasteiger partial charge in [0, 0.05) is 0 Å². The smallest absolute Gasteiger partial charge is 0.165 e. The van der Waals surface area contributed by atoms with Gasteiger partial charge >= 0.3 is 0 Å². The average Bonchev–Trinajstić information content (AvgIpc) is 2.84. The van der Waals surface area contributed by atoms with Gasteiger partial charge in [0.05, 0.1) is 5.75 Å². The quantitative estimate of drug-likeness (QED) is 0.0645. The Kier molecular flexibility index (Phi) is 49.5. The molecule has 0 aromatic heterocycles. The van der Waals surface area contributed by atoms with E-state index in [9.17, 15) is 8.42 Å². The maximum atomic E-state index is 12.4. The monoisotopic (exact) mass is 663 g/mol. The predicted molar refractivity (Wildman–Crippen MR) is 183 cm³/mol. The lowest BCUT2D eigenvalue weighted by atomic mass is 10.1. The van der Waals surface area contributed by atoms with Gasteiger partial charge in [0.15, 0.2) is 9.84 Å². The summed E-state index contributed by atoms with van der Waals surface area (Å²) in [4.78, 5) is 0. The van der Waals surface area contributed by atoms with Crippen LogP contribution in [-0.4, -0.2) is 65.4 Å². The molecule has 0 aromatic rings. The first kappa shape index (κ1) is 49.6. The third-order valence-electron chi connectivity index (χ3n) is 6.56. The van der Waals surface area contributed by atoms with Gasteiger partial charge < -0.3 is 27.4 Å². The van der Waals surface area contributed by atoms with E-state index in [4.69, 9.17) is 11.5 Å². The maximum absolute atomic E-state index is 12.4. The summed E-state index contributed by atoms with van der Waals surface area (Å²) in [5.41, 5.74) is 11.5. The molecule has 0 amide bonds. The molecular weight excluding hydrogens is 600 g/mol. The molecule has 1 unspecified atom stereocenters. The zero-order valence-electron chi connectivity index (χ0n) is 24.8. The average molecular weight is 666 g/mol. The summed E-state index contributed by atoms with van der Waals surface area (Å²) >= 11 is 0. The summed E-state index contributed by atoms with van der Waals surface area (Å²) < 4.78 is 24.8. The van der Waals surface area contributed by atoms with Crippen molar-refractivity contribution in [1.82, 2.24) is 16.0 Å². The number of hydrogen-bond donors (Lipinski definition) is 5. The lowest BCUT2D eigenvalue weighted by Crippen LogP contribution is -2.33. The highest BCUT2D eigenvalue weighted by Gasteiger charge is 2.20. The van der Waals surface area contributed by atoms with Crippen LogP contribution >= 0.6 is 49.6 Å². The van der Waals surface area contributed by atoms with E-state index in [2.05, 4.69) is 22.9 Å². The molecule has 0 spiro atoms. The Morgan fingerprint density at radius 3 is 1.38 bits per heavy atom. The van der Waals surface area contributed by atoms with E-state index in [1.165, 1.54) is 64.2 Å². The first-order chi connectivity index (χ1) is 17.0. The first-order valence-electron chi connectivity index (χ1n) is 14.8. The minimum Gasteiger partial charge on any atom is -0.330 e. The number of unbranched alkanes of at least 4 members (excludes halogenated alkanes) is 11. The summed E-state index contributed by atoms with van der Waals surface area (Å²) in [6.07, 6.45) is 19.2. The topological polar surface area (TPSA) is 122 Å². The molecule has 7 N–H and O–H groups in total. The molecule has 7 nitrogen and oxygen atoms in total. The van der Waals surface area contributed by atoms with Crippen LogP contribution < -0.4 is 27.4 Å². The fourth-order valence-electron chi connectivity index (χ4n) is 4.16. The van der Waals surface area contributed by atoms with Crippen molar-refractivity contribution in [3.05, 3.63) is 0 Å². The second-order valence-corrected chi connectivity index (χ2v) is 12.4. The lowest BCUT2D eigenvalue weighted by Gasteiger charge is -2.13. The number of rotatable bonds is 29. The van der Waals surface area contributed by atoms with E-state index in [1.807, 2.05) is 0 Å². The molecule has 0 heterocycles. The van der Waals surface area contributed by atoms with Crippen LogP contribution in [0.15, 0.2) is 0 Å². The van der Waals surface area contributed by atoms with Crippen molar-refractivity contribution in [1.29, 1.82) is 0 Å². The van der Waals surface area contributed by atoms with Crippen LogP contribution in [0.1, 0.15) is 116 Å². The molecule has 0 aliphatic heterocycles. The Bertz CT molecular complexity index is 538. The van der Waals surface area contributed by atoms with Gasteiger partial charge in [0.1, 0.15) is 5.37 Å². The third-order valence-corrected chi connectivity index (χ3v) is 8.57. The number of hydrogen-bond acceptors (Lipinski definition) is 7. The molecule has 0 fully saturated rings. The molecule has 0 saturated carbocycles. The second kappa shape index (κ2) is 38.9. The standard InChI is InChI=1S/C27H61N5O2S.4ClH/c1-2-3-4-5-6-7-8-9-10-15-26-35(33,34)27(29)18-16-23-32-25-17-24-31-22-14-13-21-30-20-12-11-19-28;;;;/h27,30-32H,2-26,28-29H2,1H3;4*1H. The van der Waals surface area contributed by atoms with Crippen LogP contribution in [-0.2, 0) is 9.84 Å². The highest BCUT2D eigenvalue weighted by Crippen LogP contribution is 2.12. The minimum atomic E-state index is -3.16. The van der Waals surface area contributed by atoms with Crippen LogP contribution in [0.5, 0.6) is 0 Å². The molecule has 0 saturated heterocycles. The number of nitrogens with two attached hydrogens (primary N) is 2. The van der Waals surface area contributed by atoms with Crippen molar-refractivity contribution >= 4 is 59.5 Å². The number of halogens is 4. The first-order valence-corrected chi connectivity index (χ1v) is 16.6. The van der Waals surface area contributed by atoms with Crippen molar-refractivity contribution in [3.63, 3.8) is 0 Å². The summed E-state index contributed by atoms with van der Waals surface area (Å²) in [6.45, 7) is 9.06. The van der Waals surface area contributed by atoms with Gasteiger partial charge in [-0.3, -0.25) is 0 Å². The molecule has 1 atom stereocenters. The fourth-order valence-corrected chi connectivity index (χ4v) is 5.59. The van der Waals surface area contributed by atoms with Crippen molar-refractivity contribution in [3.8, 4) is 0 Å². The Hall–Kier alpha value is 0.910. The number of nitrogens with one attached hydrogen (secondary N) is 3. The van der Waals surface area contributed by atoms with Crippen LogP contribution in [0, 0.1) is 0 Å². The Morgan fingerprint density at radius 1 is 0.538 bits per heavy atom. The summed E-state index contributed by atoms with van der Waals surface area (Å²) in [5.74, 6) is 0.244. The number of sulfone groups is 1. The lowest BCUT2D eigenvalue weighted by molar-refractivity contribution is 0.536. The molecule has 244 valence electrons. The van der Waals surface area contributed by atoms with Crippen LogP contribution in [0.25, 0.3) is 0 Å². The van der Waals surface area contributed by atoms with E-state index in [0.717, 1.165) is 84.3 Å². The van der Waals surface area contributed by atoms with Gasteiger partial charge in [-0.1, -0.05) is 64.7 Å². The maximum Gasteiger partial charge on any atom is 0.165 e. The predicted octanol–water partition coefficient (Wildman–Crippen LogP) is 5.75. The van der Waals surface area contributed by atoms with E-state index >= 15 is 0 Å². The van der Waals surface area contributed by atoms with Crippen molar-refractivity contribution in [2.24, 2.45) is 11.5 Å². The SMILES string of the molecule is CCCCCCCCCCCCS(=O)(=O)C(N)CCCNCCCNCCCCNCCCCN.Cl.Cl.Cl.Cl. The zero-order chi connectivity index (χ0) is 25.9. The van der Waals surface area contributed by atoms with Crippen LogP contribution in [0.4, 0.5) is 0 Å². The van der Waals surface area contributed by atoms with Gasteiger partial charge in [0.25, 0.3) is 0 Å². The van der Waals surface area contributed by atoms with Crippen LogP contribution in [0.2, 0.25) is 0 Å². The van der Waals surface area contributed by atoms with E-state index in [-0.39, 0.29) is 55.4 Å². The van der Waals surface area contributed by atoms with Gasteiger partial charge in [-0.15, -0.1) is 49.6 Å². The van der Waals surface area contributed by atoms with Gasteiger partial charge in [-0.2, -0.15) is 0 Å². The Labute approximate surface area is 267 Å². The second-order valence-electron chi connectivity index (χ2n) is 10.0. The molecule has 12 heteroatoms. The zero-order valence-corrected chi connectivity index (χ0v) is 28.8. The largest absolute Gasteiger partial charge is 0.330 e. The Balaban J connectivity index is -0.000000963. The molecule has 0 aliphatic rings. The molecule has 0 rings (SSSR count). The van der Waals surface area contributed by atoms with Crippen molar-refractivity contribution < 1.29 is 8.42 Å². The van der Waals surface area contributed by atoms with E-state index < -0.39 is 15.2 Å². The van der Waals surface area contributed by atoms with E-state index in [0.29, 0.717) is 6.42 Å². The molecule has 0 radical (unpaired) electrons. The highest BCUT2D eigenvalue weighted by molar-refractivity contribution is 7.91. The van der Waals surface area contributed by atoms with E-state index in [1.54, 1.807) is 0 Å². The van der Waals surface area contributed by atoms with Crippen molar-refractivity contribution in [2.75, 3.05) is 51.6 Å². The molecular formula is C27H65Cl4N5O2S. The van der Waals surface area contributed by atoms with Crippen LogP contribution in [0.3, 0.4) is 0 Å². The molecule has 0 bridgehead atoms. The third kappa shape index (κ3) is 36.9. The molecule has 0 aliphatic carbocycles. The van der Waals surface area contributed by atoms with Gasteiger partial charge in [0.2, 0.25) is 0 Å². The summed E-state index contributed by atoms with van der Waals surface area (Å²) in [5, 5.41) is 9.64. The van der Waals surface area contributed by atoms with Gasteiger partial charge in [-0.05, 0) is 97.2 Å². The summed E-state index contributed by atoms with van der Waals surface area (Å²) in [6, 6.07) is 0. The highest BCUT2D eigenvalue weighted by atomic mass is 35.5. The fraction of sp³-hybridized carbons (Fsp3) is 1.00. The van der Waals surface area contributed by atoms with Crippen molar-refractivity contribution in [2.45, 2.75) is 121 Å². The normalized spacial score (nSPS) is 11.6. The molecule has 0 aromatic carbocycles. The summed E-state index contributed by atoms with van der Waals surface area (Å²) in [7, 11) is -3.16. The van der Waals surface area contributed by atoms with Gasteiger partial charge in [-0.25, -0.2) is 8.42 Å². The molecule has 39 heavy (non-hydrogen) atoms.